The summed E-state index contributed by atoms with van der Waals surface area (Å²) in [4.78, 5) is 16.1. The molecule has 0 aliphatic rings. The second kappa shape index (κ2) is 6.04. The molecule has 10 heteroatoms. The van der Waals surface area contributed by atoms with Crippen molar-refractivity contribution in [1.82, 2.24) is 14.6 Å². The number of fused-ring (bicyclic) bond motifs is 1. The van der Waals surface area contributed by atoms with Crippen molar-refractivity contribution in [2.75, 3.05) is 5.32 Å². The number of aryl methyl sites for hydroxylation is 1. The van der Waals surface area contributed by atoms with Gasteiger partial charge in [0.15, 0.2) is 11.3 Å². The number of nitrogens with one attached hydrogen (secondary N) is 1. The van der Waals surface area contributed by atoms with Crippen LogP contribution >= 0.6 is 0 Å². The largest absolute Gasteiger partial charge is 0.459 e. The Morgan fingerprint density at radius 1 is 1.08 bits per heavy atom. The number of alkyl halides is 5. The predicted molar refractivity (Wildman–Crippen MR) is 82.1 cm³/mol. The summed E-state index contributed by atoms with van der Waals surface area (Å²) >= 11 is 0. The molecule has 0 saturated carbocycles. The van der Waals surface area contributed by atoms with Gasteiger partial charge in [0.05, 0.1) is 0 Å². The van der Waals surface area contributed by atoms with Gasteiger partial charge in [-0.05, 0) is 25.1 Å². The zero-order chi connectivity index (χ0) is 19.1. The van der Waals surface area contributed by atoms with E-state index < -0.39 is 23.7 Å². The maximum absolute atomic E-state index is 13.8. The van der Waals surface area contributed by atoms with Crippen molar-refractivity contribution in [3.8, 4) is 0 Å². The number of anilines is 1. The van der Waals surface area contributed by atoms with Crippen LogP contribution in [0.5, 0.6) is 0 Å². The molecule has 1 aromatic carbocycles. The number of hydrogen-bond acceptors (Lipinski definition) is 3. The number of hydrogen-bond donors (Lipinski definition) is 1. The van der Waals surface area contributed by atoms with Crippen LogP contribution in [-0.4, -0.2) is 26.7 Å². The molecule has 2 aromatic heterocycles. The van der Waals surface area contributed by atoms with Crippen LogP contribution in [0.25, 0.3) is 5.65 Å². The lowest BCUT2D eigenvalue weighted by Gasteiger charge is -2.20. The maximum atomic E-state index is 13.8. The maximum Gasteiger partial charge on any atom is 0.459 e. The monoisotopic (exact) mass is 370 g/mol. The molecule has 0 aliphatic carbocycles. The molecule has 5 nitrogen and oxygen atoms in total. The van der Waals surface area contributed by atoms with Gasteiger partial charge in [-0.3, -0.25) is 4.79 Å². The fraction of sp³-hybridized carbons (Fsp3) is 0.188. The fourth-order valence-corrected chi connectivity index (χ4v) is 2.30. The molecule has 3 aromatic rings. The number of nitrogens with zero attached hydrogens (tertiary/aromatic N) is 3. The summed E-state index contributed by atoms with van der Waals surface area (Å²) in [6, 6.07) is 9.84. The van der Waals surface area contributed by atoms with Crippen molar-refractivity contribution in [2.45, 2.75) is 19.0 Å². The number of carbonyl (C=O) groups excluding carboxylic acids is 1. The van der Waals surface area contributed by atoms with Crippen molar-refractivity contribution in [3.63, 3.8) is 0 Å². The average Bonchev–Trinajstić information content (AvgIpc) is 2.97. The van der Waals surface area contributed by atoms with Crippen molar-refractivity contribution < 1.29 is 26.7 Å². The van der Waals surface area contributed by atoms with Gasteiger partial charge in [0.25, 0.3) is 5.91 Å². The molecule has 0 unspecified atom stereocenters. The second-order valence-electron chi connectivity index (χ2n) is 5.47. The van der Waals surface area contributed by atoms with Crippen LogP contribution in [0, 0.1) is 6.92 Å². The summed E-state index contributed by atoms with van der Waals surface area (Å²) < 4.78 is 66.2. The van der Waals surface area contributed by atoms with Crippen LogP contribution in [0.3, 0.4) is 0 Å². The molecule has 0 aliphatic heterocycles. The lowest BCUT2D eigenvalue weighted by Crippen LogP contribution is -2.36. The average molecular weight is 370 g/mol. The van der Waals surface area contributed by atoms with Crippen molar-refractivity contribution in [2.24, 2.45) is 0 Å². The van der Waals surface area contributed by atoms with Crippen LogP contribution < -0.4 is 5.32 Å². The summed E-state index contributed by atoms with van der Waals surface area (Å²) in [5.41, 5.74) is -1.69. The van der Waals surface area contributed by atoms with E-state index >= 15 is 0 Å². The van der Waals surface area contributed by atoms with E-state index in [0.29, 0.717) is 16.3 Å². The lowest BCUT2D eigenvalue weighted by molar-refractivity contribution is -0.291. The third-order valence-electron chi connectivity index (χ3n) is 3.50. The molecule has 2 heterocycles. The van der Waals surface area contributed by atoms with Gasteiger partial charge in [0.2, 0.25) is 0 Å². The van der Waals surface area contributed by atoms with Gasteiger partial charge in [-0.2, -0.15) is 27.1 Å². The summed E-state index contributed by atoms with van der Waals surface area (Å²) in [5.74, 6) is -5.92. The third-order valence-corrected chi connectivity index (χ3v) is 3.50. The molecule has 0 fully saturated rings. The normalized spacial score (nSPS) is 12.4. The molecule has 0 atom stereocenters. The number of carbonyl (C=O) groups is 1. The molecular weight excluding hydrogens is 359 g/mol. The smallest absolute Gasteiger partial charge is 0.321 e. The molecule has 0 spiro atoms. The highest BCUT2D eigenvalue weighted by molar-refractivity contribution is 6.03. The van der Waals surface area contributed by atoms with Crippen LogP contribution in [-0.2, 0) is 5.92 Å². The Morgan fingerprint density at radius 2 is 1.73 bits per heavy atom. The third kappa shape index (κ3) is 3.09. The summed E-state index contributed by atoms with van der Waals surface area (Å²) in [6.45, 7) is 1.27. The van der Waals surface area contributed by atoms with E-state index in [4.69, 9.17) is 0 Å². The molecule has 0 saturated heterocycles. The zero-order valence-corrected chi connectivity index (χ0v) is 13.2. The van der Waals surface area contributed by atoms with E-state index in [2.05, 4.69) is 15.4 Å². The minimum atomic E-state index is -5.81. The zero-order valence-electron chi connectivity index (χ0n) is 13.2. The number of benzene rings is 1. The van der Waals surface area contributed by atoms with Gasteiger partial charge in [0.1, 0.15) is 5.69 Å². The van der Waals surface area contributed by atoms with Gasteiger partial charge in [0, 0.05) is 17.4 Å². The van der Waals surface area contributed by atoms with Crippen molar-refractivity contribution >= 4 is 17.2 Å². The molecular formula is C16H11F5N4O. The molecule has 26 heavy (non-hydrogen) atoms. The van der Waals surface area contributed by atoms with Crippen LogP contribution in [0.2, 0.25) is 0 Å². The Labute approximate surface area is 143 Å². The Balaban J connectivity index is 2.06. The second-order valence-corrected chi connectivity index (χ2v) is 5.47. The van der Waals surface area contributed by atoms with Gasteiger partial charge in [-0.25, -0.2) is 9.50 Å². The highest BCUT2D eigenvalue weighted by atomic mass is 19.4. The summed E-state index contributed by atoms with van der Waals surface area (Å²) in [5, 5.41) is 6.06. The molecule has 0 bridgehead atoms. The molecule has 1 amide bonds. The SMILES string of the molecule is Cc1cc(C(F)(F)C(F)(F)F)n2nc(C(=O)Nc3ccccc3)cc2n1. The highest BCUT2D eigenvalue weighted by Crippen LogP contribution is 2.43. The van der Waals surface area contributed by atoms with Gasteiger partial charge >= 0.3 is 12.1 Å². The fourth-order valence-electron chi connectivity index (χ4n) is 2.30. The predicted octanol–water partition coefficient (Wildman–Crippen LogP) is 3.94. The van der Waals surface area contributed by atoms with E-state index in [9.17, 15) is 26.7 Å². The van der Waals surface area contributed by atoms with Gasteiger partial charge in [-0.15, -0.1) is 0 Å². The summed E-state index contributed by atoms with van der Waals surface area (Å²) in [6.07, 6.45) is -5.81. The molecule has 0 radical (unpaired) electrons. The number of para-hydroxylation sites is 1. The number of rotatable bonds is 3. The van der Waals surface area contributed by atoms with Gasteiger partial charge < -0.3 is 5.32 Å². The van der Waals surface area contributed by atoms with Crippen LogP contribution in [0.1, 0.15) is 21.9 Å². The van der Waals surface area contributed by atoms with Gasteiger partial charge in [-0.1, -0.05) is 18.2 Å². The minimum Gasteiger partial charge on any atom is -0.321 e. The number of halogens is 5. The first-order valence-electron chi connectivity index (χ1n) is 7.28. The van der Waals surface area contributed by atoms with E-state index in [-0.39, 0.29) is 17.0 Å². The van der Waals surface area contributed by atoms with Crippen LogP contribution in [0.4, 0.5) is 27.6 Å². The van der Waals surface area contributed by atoms with Crippen molar-refractivity contribution in [3.05, 3.63) is 59.5 Å². The summed E-state index contributed by atoms with van der Waals surface area (Å²) in [7, 11) is 0. The molecule has 3 rings (SSSR count). The molecule has 136 valence electrons. The first-order chi connectivity index (χ1) is 12.1. The Kier molecular flexibility index (Phi) is 4.13. The topological polar surface area (TPSA) is 59.3 Å². The van der Waals surface area contributed by atoms with E-state index in [1.165, 1.54) is 6.92 Å². The number of aromatic nitrogens is 3. The first kappa shape index (κ1) is 17.8. The van der Waals surface area contributed by atoms with E-state index in [1.807, 2.05) is 0 Å². The molecule has 1 N–H and O–H groups in total. The van der Waals surface area contributed by atoms with Crippen molar-refractivity contribution in [1.29, 1.82) is 0 Å². The quantitative estimate of drug-likeness (QED) is 0.711. The Hall–Kier alpha value is -3.04. The number of amides is 1. The van der Waals surface area contributed by atoms with E-state index in [0.717, 1.165) is 6.07 Å². The van der Waals surface area contributed by atoms with E-state index in [1.54, 1.807) is 30.3 Å². The minimum absolute atomic E-state index is 0.0636. The Morgan fingerprint density at radius 3 is 2.35 bits per heavy atom. The van der Waals surface area contributed by atoms with Crippen LogP contribution in [0.15, 0.2) is 42.5 Å². The Bertz CT molecular complexity index is 966. The standard InChI is InChI=1S/C16H11F5N4O/c1-9-7-12(15(17,18)16(19,20)21)25-13(22-9)8-11(24-25)14(26)23-10-5-3-2-4-6-10/h2-8H,1H3,(H,23,26). The first-order valence-corrected chi connectivity index (χ1v) is 7.28. The highest BCUT2D eigenvalue weighted by Gasteiger charge is 2.60. The lowest BCUT2D eigenvalue weighted by atomic mass is 10.2.